The number of benzene rings is 1. The zero-order valence-corrected chi connectivity index (χ0v) is 10.4. The topological polar surface area (TPSA) is 12.0 Å². The van der Waals surface area contributed by atoms with E-state index in [1.807, 2.05) is 13.8 Å². The van der Waals surface area contributed by atoms with Gasteiger partial charge >= 0.3 is 0 Å². The molecule has 15 heavy (non-hydrogen) atoms. The molecule has 0 aliphatic heterocycles. The smallest absolute Gasteiger partial charge is 0.0438 e. The van der Waals surface area contributed by atoms with E-state index in [0.29, 0.717) is 11.6 Å². The Labute approximate surface area is 93.9 Å². The van der Waals surface area contributed by atoms with Crippen molar-refractivity contribution in [1.29, 1.82) is 0 Å². The van der Waals surface area contributed by atoms with E-state index in [1.54, 1.807) is 0 Å². The Balaban J connectivity index is 0.000000531. The molecule has 1 nitrogen and oxygen atoms in total. The van der Waals surface area contributed by atoms with E-state index >= 15 is 0 Å². The molecular formula is C14H23N. The lowest BCUT2D eigenvalue weighted by molar-refractivity contribution is 0.461. The zero-order valence-electron chi connectivity index (χ0n) is 10.4. The van der Waals surface area contributed by atoms with E-state index in [4.69, 9.17) is 0 Å². The minimum absolute atomic E-state index is 0.315. The van der Waals surface area contributed by atoms with Crippen LogP contribution in [0, 0.1) is 0 Å². The Morgan fingerprint density at radius 1 is 1.07 bits per heavy atom. The van der Waals surface area contributed by atoms with Gasteiger partial charge in [0.25, 0.3) is 0 Å². The fraction of sp³-hybridized carbons (Fsp3) is 0.571. The van der Waals surface area contributed by atoms with Gasteiger partial charge in [-0.05, 0) is 18.4 Å². The van der Waals surface area contributed by atoms with Gasteiger partial charge in [-0.15, -0.1) is 0 Å². The lowest BCUT2D eigenvalue weighted by Crippen LogP contribution is -2.34. The summed E-state index contributed by atoms with van der Waals surface area (Å²) in [5.41, 5.74) is 1.76. The first-order valence-electron chi connectivity index (χ1n) is 6.06. The molecule has 1 aromatic rings. The molecule has 0 radical (unpaired) electrons. The molecule has 0 saturated heterocycles. The average molecular weight is 205 g/mol. The van der Waals surface area contributed by atoms with Crippen molar-refractivity contribution in [1.82, 2.24) is 5.32 Å². The van der Waals surface area contributed by atoms with Crippen molar-refractivity contribution < 1.29 is 0 Å². The highest BCUT2D eigenvalue weighted by Gasteiger charge is 2.43. The molecule has 0 aromatic heterocycles. The maximum Gasteiger partial charge on any atom is 0.0438 e. The standard InChI is InChI=1S/C12H17N.C2H6/c1-10(2)13-12(8-9-12)11-6-4-3-5-7-11;1-2/h3-7,10,13H,8-9H2,1-2H3;1-2H3. The number of rotatable bonds is 3. The van der Waals surface area contributed by atoms with Crippen LogP contribution in [0.15, 0.2) is 30.3 Å². The molecule has 1 N–H and O–H groups in total. The van der Waals surface area contributed by atoms with Crippen LogP contribution in [-0.2, 0) is 5.54 Å². The molecule has 0 bridgehead atoms. The fourth-order valence-corrected chi connectivity index (χ4v) is 1.95. The molecule has 2 rings (SSSR count). The second-order valence-corrected chi connectivity index (χ2v) is 4.25. The maximum absolute atomic E-state index is 3.65. The summed E-state index contributed by atoms with van der Waals surface area (Å²) >= 11 is 0. The summed E-state index contributed by atoms with van der Waals surface area (Å²) in [7, 11) is 0. The highest BCUT2D eigenvalue weighted by molar-refractivity contribution is 5.29. The van der Waals surface area contributed by atoms with Crippen LogP contribution in [0.5, 0.6) is 0 Å². The maximum atomic E-state index is 3.65. The Morgan fingerprint density at radius 2 is 1.60 bits per heavy atom. The van der Waals surface area contributed by atoms with Crippen LogP contribution in [0.2, 0.25) is 0 Å². The Kier molecular flexibility index (Phi) is 4.34. The molecule has 1 aromatic carbocycles. The molecular weight excluding hydrogens is 182 g/mol. The summed E-state index contributed by atoms with van der Waals surface area (Å²) in [5, 5.41) is 3.65. The summed E-state index contributed by atoms with van der Waals surface area (Å²) in [6, 6.07) is 11.3. The van der Waals surface area contributed by atoms with E-state index < -0.39 is 0 Å². The van der Waals surface area contributed by atoms with Gasteiger partial charge in [-0.2, -0.15) is 0 Å². The predicted octanol–water partition coefficient (Wildman–Crippen LogP) is 3.70. The van der Waals surface area contributed by atoms with Gasteiger partial charge in [0.15, 0.2) is 0 Å². The summed E-state index contributed by atoms with van der Waals surface area (Å²) in [4.78, 5) is 0. The van der Waals surface area contributed by atoms with Gasteiger partial charge < -0.3 is 5.32 Å². The third kappa shape index (κ3) is 3.07. The molecule has 0 atom stereocenters. The van der Waals surface area contributed by atoms with Crippen molar-refractivity contribution >= 4 is 0 Å². The van der Waals surface area contributed by atoms with E-state index in [9.17, 15) is 0 Å². The van der Waals surface area contributed by atoms with Gasteiger partial charge in [-0.1, -0.05) is 58.0 Å². The van der Waals surface area contributed by atoms with E-state index in [0.717, 1.165) is 0 Å². The number of hydrogen-bond donors (Lipinski definition) is 1. The summed E-state index contributed by atoms with van der Waals surface area (Å²) < 4.78 is 0. The predicted molar refractivity (Wildman–Crippen MR) is 67.0 cm³/mol. The van der Waals surface area contributed by atoms with Crippen LogP contribution < -0.4 is 5.32 Å². The third-order valence-electron chi connectivity index (χ3n) is 2.64. The average Bonchev–Trinajstić information content (AvgIpc) is 3.02. The van der Waals surface area contributed by atoms with Crippen molar-refractivity contribution in [3.05, 3.63) is 35.9 Å². The molecule has 1 aliphatic rings. The van der Waals surface area contributed by atoms with Crippen LogP contribution in [0.1, 0.15) is 46.1 Å². The SMILES string of the molecule is CC.CC(C)NC1(c2ccccc2)CC1. The van der Waals surface area contributed by atoms with Crippen molar-refractivity contribution in [2.75, 3.05) is 0 Å². The van der Waals surface area contributed by atoms with E-state index in [2.05, 4.69) is 49.5 Å². The number of nitrogens with one attached hydrogen (secondary N) is 1. The van der Waals surface area contributed by atoms with Gasteiger partial charge in [0.2, 0.25) is 0 Å². The molecule has 0 heterocycles. The van der Waals surface area contributed by atoms with Gasteiger partial charge in [-0.25, -0.2) is 0 Å². The quantitative estimate of drug-likeness (QED) is 0.793. The molecule has 1 heteroatoms. The molecule has 84 valence electrons. The molecule has 0 spiro atoms. The Hall–Kier alpha value is -0.820. The summed E-state index contributed by atoms with van der Waals surface area (Å²) in [5.74, 6) is 0. The minimum atomic E-state index is 0.315. The number of hydrogen-bond acceptors (Lipinski definition) is 1. The van der Waals surface area contributed by atoms with Gasteiger partial charge in [0, 0.05) is 11.6 Å². The molecule has 1 saturated carbocycles. The van der Waals surface area contributed by atoms with Crippen LogP contribution in [-0.4, -0.2) is 6.04 Å². The van der Waals surface area contributed by atoms with Crippen molar-refractivity contribution in [3.8, 4) is 0 Å². The van der Waals surface area contributed by atoms with E-state index in [-0.39, 0.29) is 0 Å². The first-order chi connectivity index (χ1) is 7.23. The summed E-state index contributed by atoms with van der Waals surface area (Å²) in [6.45, 7) is 8.42. The zero-order chi connectivity index (χ0) is 11.3. The summed E-state index contributed by atoms with van der Waals surface area (Å²) in [6.07, 6.45) is 2.57. The normalized spacial score (nSPS) is 16.9. The Bertz CT molecular complexity index is 273. The molecule has 0 unspecified atom stereocenters. The van der Waals surface area contributed by atoms with Crippen LogP contribution in [0.25, 0.3) is 0 Å². The monoisotopic (exact) mass is 205 g/mol. The van der Waals surface area contributed by atoms with Gasteiger partial charge in [0.05, 0.1) is 0 Å². The van der Waals surface area contributed by atoms with Crippen LogP contribution >= 0.6 is 0 Å². The van der Waals surface area contributed by atoms with Crippen molar-refractivity contribution in [2.45, 2.75) is 52.1 Å². The lowest BCUT2D eigenvalue weighted by atomic mass is 10.0. The highest BCUT2D eigenvalue weighted by atomic mass is 15.0. The first-order valence-corrected chi connectivity index (χ1v) is 6.06. The Morgan fingerprint density at radius 3 is 2.00 bits per heavy atom. The second-order valence-electron chi connectivity index (χ2n) is 4.25. The van der Waals surface area contributed by atoms with Crippen molar-refractivity contribution in [2.24, 2.45) is 0 Å². The largest absolute Gasteiger partial charge is 0.305 e. The van der Waals surface area contributed by atoms with Crippen LogP contribution in [0.3, 0.4) is 0 Å². The molecule has 1 aliphatic carbocycles. The second kappa shape index (κ2) is 5.32. The third-order valence-corrected chi connectivity index (χ3v) is 2.64. The van der Waals surface area contributed by atoms with Crippen molar-refractivity contribution in [3.63, 3.8) is 0 Å². The molecule has 1 fully saturated rings. The van der Waals surface area contributed by atoms with Crippen LogP contribution in [0.4, 0.5) is 0 Å². The van der Waals surface area contributed by atoms with E-state index in [1.165, 1.54) is 18.4 Å². The molecule has 0 amide bonds. The first kappa shape index (κ1) is 12.3. The van der Waals surface area contributed by atoms with Gasteiger partial charge in [-0.3, -0.25) is 0 Å². The highest BCUT2D eigenvalue weighted by Crippen LogP contribution is 2.45. The minimum Gasteiger partial charge on any atom is -0.305 e. The lowest BCUT2D eigenvalue weighted by Gasteiger charge is -2.20. The fourth-order valence-electron chi connectivity index (χ4n) is 1.95. The van der Waals surface area contributed by atoms with Gasteiger partial charge in [0.1, 0.15) is 0 Å².